The number of carbonyl (C=O) groups excluding carboxylic acids is 2. The number of benzene rings is 2. The highest BCUT2D eigenvalue weighted by molar-refractivity contribution is 6.32. The van der Waals surface area contributed by atoms with Gasteiger partial charge in [0.15, 0.2) is 19.0 Å². The summed E-state index contributed by atoms with van der Waals surface area (Å²) < 4.78 is 15.3. The van der Waals surface area contributed by atoms with Crippen LogP contribution in [-0.2, 0) is 9.53 Å². The number of methoxy groups -OCH3 is 1. The molecule has 0 bridgehead atoms. The molecule has 0 saturated carbocycles. The van der Waals surface area contributed by atoms with Gasteiger partial charge in [-0.15, -0.1) is 0 Å². The summed E-state index contributed by atoms with van der Waals surface area (Å²) in [5, 5.41) is 0.317. The summed E-state index contributed by atoms with van der Waals surface area (Å²) >= 11 is 5.97. The number of aryl methyl sites for hydroxylation is 2. The molecule has 0 saturated heterocycles. The number of ether oxygens (including phenoxy) is 3. The predicted octanol–water partition coefficient (Wildman–Crippen LogP) is 3.77. The van der Waals surface area contributed by atoms with Crippen molar-refractivity contribution >= 4 is 23.4 Å². The third-order valence-electron chi connectivity index (χ3n) is 3.67. The second kappa shape index (κ2) is 8.53. The Kier molecular flexibility index (Phi) is 6.42. The molecule has 0 aliphatic rings. The largest absolute Gasteiger partial charge is 0.495 e. The first-order chi connectivity index (χ1) is 11.9. The van der Waals surface area contributed by atoms with E-state index >= 15 is 0 Å². The van der Waals surface area contributed by atoms with E-state index < -0.39 is 5.97 Å². The highest BCUT2D eigenvalue weighted by atomic mass is 35.5. The molecule has 132 valence electrons. The van der Waals surface area contributed by atoms with E-state index in [1.54, 1.807) is 18.2 Å². The Bertz CT molecular complexity index is 785. The lowest BCUT2D eigenvalue weighted by Crippen LogP contribution is -2.19. The van der Waals surface area contributed by atoms with Gasteiger partial charge >= 0.3 is 5.97 Å². The fourth-order valence-corrected chi connectivity index (χ4v) is 2.31. The minimum atomic E-state index is -0.619. The van der Waals surface area contributed by atoms with Crippen molar-refractivity contribution in [3.8, 4) is 11.5 Å². The van der Waals surface area contributed by atoms with Crippen LogP contribution in [0.1, 0.15) is 21.5 Å². The Morgan fingerprint density at radius 3 is 2.40 bits per heavy atom. The standard InChI is InChI=1S/C19H19ClO5/c1-12-4-6-15(8-13(12)2)24-11-19(22)25-10-17(21)14-5-7-18(23-3)16(20)9-14/h4-9H,10-11H2,1-3H3. The molecule has 2 aromatic carbocycles. The zero-order valence-corrected chi connectivity index (χ0v) is 15.1. The van der Waals surface area contributed by atoms with Crippen molar-refractivity contribution in [3.63, 3.8) is 0 Å². The first-order valence-corrected chi connectivity index (χ1v) is 8.01. The number of esters is 1. The van der Waals surface area contributed by atoms with Crippen LogP contribution < -0.4 is 9.47 Å². The quantitative estimate of drug-likeness (QED) is 0.554. The van der Waals surface area contributed by atoms with Crippen molar-refractivity contribution in [1.82, 2.24) is 0 Å². The van der Waals surface area contributed by atoms with Crippen LogP contribution in [0.5, 0.6) is 11.5 Å². The molecular formula is C19H19ClO5. The van der Waals surface area contributed by atoms with Gasteiger partial charge in [0.2, 0.25) is 0 Å². The van der Waals surface area contributed by atoms with E-state index in [0.29, 0.717) is 22.1 Å². The number of halogens is 1. The van der Waals surface area contributed by atoms with Crippen LogP contribution in [0.15, 0.2) is 36.4 Å². The second-order valence-corrected chi connectivity index (χ2v) is 5.88. The van der Waals surface area contributed by atoms with Gasteiger partial charge in [-0.1, -0.05) is 17.7 Å². The molecule has 0 amide bonds. The molecule has 0 fully saturated rings. The SMILES string of the molecule is COc1ccc(C(=O)COC(=O)COc2ccc(C)c(C)c2)cc1Cl. The third kappa shape index (κ3) is 5.22. The van der Waals surface area contributed by atoms with Crippen molar-refractivity contribution < 1.29 is 23.8 Å². The minimum Gasteiger partial charge on any atom is -0.495 e. The van der Waals surface area contributed by atoms with Crippen LogP contribution >= 0.6 is 11.6 Å². The Morgan fingerprint density at radius 2 is 1.76 bits per heavy atom. The average Bonchev–Trinajstić information content (AvgIpc) is 2.60. The molecule has 0 N–H and O–H groups in total. The lowest BCUT2D eigenvalue weighted by molar-refractivity contribution is -0.144. The summed E-state index contributed by atoms with van der Waals surface area (Å²) in [4.78, 5) is 23.8. The zero-order chi connectivity index (χ0) is 18.4. The van der Waals surface area contributed by atoms with Gasteiger partial charge in [-0.3, -0.25) is 4.79 Å². The first-order valence-electron chi connectivity index (χ1n) is 7.63. The molecule has 0 spiro atoms. The van der Waals surface area contributed by atoms with E-state index in [0.717, 1.165) is 11.1 Å². The summed E-state index contributed by atoms with van der Waals surface area (Å²) in [7, 11) is 1.49. The molecule has 0 aromatic heterocycles. The van der Waals surface area contributed by atoms with Crippen LogP contribution in [0.2, 0.25) is 5.02 Å². The van der Waals surface area contributed by atoms with Gasteiger partial charge < -0.3 is 14.2 Å². The lowest BCUT2D eigenvalue weighted by atomic mass is 10.1. The van der Waals surface area contributed by atoms with Crippen molar-refractivity contribution in [1.29, 1.82) is 0 Å². The summed E-state index contributed by atoms with van der Waals surface area (Å²) in [6, 6.07) is 10.1. The number of Topliss-reactive ketones (excluding diaryl/α,β-unsaturated/α-hetero) is 1. The van der Waals surface area contributed by atoms with Crippen molar-refractivity contribution in [2.75, 3.05) is 20.3 Å². The maximum atomic E-state index is 12.0. The van der Waals surface area contributed by atoms with E-state index in [-0.39, 0.29) is 19.0 Å². The Labute approximate surface area is 151 Å². The number of ketones is 1. The second-order valence-electron chi connectivity index (χ2n) is 5.47. The van der Waals surface area contributed by atoms with E-state index in [1.165, 1.54) is 13.2 Å². The van der Waals surface area contributed by atoms with E-state index in [4.69, 9.17) is 25.8 Å². The predicted molar refractivity (Wildman–Crippen MR) is 94.7 cm³/mol. The number of rotatable bonds is 7. The Morgan fingerprint density at radius 1 is 1.00 bits per heavy atom. The molecule has 0 heterocycles. The molecule has 6 heteroatoms. The average molecular weight is 363 g/mol. The normalized spacial score (nSPS) is 10.2. The van der Waals surface area contributed by atoms with Gasteiger partial charge in [-0.2, -0.15) is 0 Å². The molecule has 2 aromatic rings. The molecule has 25 heavy (non-hydrogen) atoms. The molecule has 0 unspecified atom stereocenters. The maximum Gasteiger partial charge on any atom is 0.344 e. The van der Waals surface area contributed by atoms with Crippen LogP contribution in [-0.4, -0.2) is 32.1 Å². The summed E-state index contributed by atoms with van der Waals surface area (Å²) in [6.07, 6.45) is 0. The summed E-state index contributed by atoms with van der Waals surface area (Å²) in [5.74, 6) is 0.0700. The van der Waals surface area contributed by atoms with Gasteiger partial charge in [-0.25, -0.2) is 4.79 Å². The van der Waals surface area contributed by atoms with E-state index in [9.17, 15) is 9.59 Å². The van der Waals surface area contributed by atoms with Crippen LogP contribution in [0.25, 0.3) is 0 Å². The monoisotopic (exact) mass is 362 g/mol. The molecular weight excluding hydrogens is 344 g/mol. The maximum absolute atomic E-state index is 12.0. The minimum absolute atomic E-state index is 0.265. The number of hydrogen-bond acceptors (Lipinski definition) is 5. The van der Waals surface area contributed by atoms with Crippen molar-refractivity contribution in [3.05, 3.63) is 58.1 Å². The van der Waals surface area contributed by atoms with E-state index in [1.807, 2.05) is 26.0 Å². The van der Waals surface area contributed by atoms with Gasteiger partial charge in [0, 0.05) is 5.56 Å². The number of carbonyl (C=O) groups is 2. The molecule has 0 radical (unpaired) electrons. The molecule has 0 atom stereocenters. The Hall–Kier alpha value is -2.53. The highest BCUT2D eigenvalue weighted by Gasteiger charge is 2.13. The van der Waals surface area contributed by atoms with Gasteiger partial charge in [-0.05, 0) is 55.3 Å². The van der Waals surface area contributed by atoms with Crippen molar-refractivity contribution in [2.45, 2.75) is 13.8 Å². The Balaban J connectivity index is 1.83. The number of hydrogen-bond donors (Lipinski definition) is 0. The van der Waals surface area contributed by atoms with E-state index in [2.05, 4.69) is 0 Å². The van der Waals surface area contributed by atoms with Gasteiger partial charge in [0.25, 0.3) is 0 Å². The van der Waals surface area contributed by atoms with Crippen LogP contribution in [0.4, 0.5) is 0 Å². The molecule has 5 nitrogen and oxygen atoms in total. The van der Waals surface area contributed by atoms with Gasteiger partial charge in [0.05, 0.1) is 12.1 Å². The lowest BCUT2D eigenvalue weighted by Gasteiger charge is -2.09. The molecule has 2 rings (SSSR count). The van der Waals surface area contributed by atoms with Crippen LogP contribution in [0.3, 0.4) is 0 Å². The summed E-state index contributed by atoms with van der Waals surface area (Å²) in [6.45, 7) is 3.31. The topological polar surface area (TPSA) is 61.8 Å². The molecule has 0 aliphatic carbocycles. The zero-order valence-electron chi connectivity index (χ0n) is 14.3. The van der Waals surface area contributed by atoms with Crippen LogP contribution in [0, 0.1) is 13.8 Å². The third-order valence-corrected chi connectivity index (χ3v) is 3.97. The highest BCUT2D eigenvalue weighted by Crippen LogP contribution is 2.25. The smallest absolute Gasteiger partial charge is 0.344 e. The fraction of sp³-hybridized carbons (Fsp3) is 0.263. The fourth-order valence-electron chi connectivity index (χ4n) is 2.06. The first kappa shape index (κ1) is 18.8. The van der Waals surface area contributed by atoms with Gasteiger partial charge in [0.1, 0.15) is 11.5 Å². The molecule has 0 aliphatic heterocycles. The van der Waals surface area contributed by atoms with Crippen molar-refractivity contribution in [2.24, 2.45) is 0 Å². The summed E-state index contributed by atoms with van der Waals surface area (Å²) in [5.41, 5.74) is 2.55.